The molecule has 1 aliphatic heterocycles. The molecule has 116 valence electrons. The fraction of sp³-hybridized carbons (Fsp3) is 0.263. The lowest BCUT2D eigenvalue weighted by molar-refractivity contribution is 0.0686. The molecule has 0 saturated carbocycles. The molecule has 3 nitrogen and oxygen atoms in total. The van der Waals surface area contributed by atoms with Gasteiger partial charge in [-0.25, -0.2) is 4.98 Å². The van der Waals surface area contributed by atoms with Crippen molar-refractivity contribution >= 4 is 17.5 Å². The molecule has 1 amide bonds. The van der Waals surface area contributed by atoms with E-state index < -0.39 is 0 Å². The van der Waals surface area contributed by atoms with Gasteiger partial charge in [0.2, 0.25) is 0 Å². The van der Waals surface area contributed by atoms with Crippen LogP contribution >= 0.6 is 11.6 Å². The molecular formula is C19H17ClN2O. The van der Waals surface area contributed by atoms with Gasteiger partial charge in [-0.3, -0.25) is 4.79 Å². The molecule has 23 heavy (non-hydrogen) atoms. The van der Waals surface area contributed by atoms with Gasteiger partial charge in [-0.05, 0) is 56.2 Å². The van der Waals surface area contributed by atoms with Crippen LogP contribution in [0.25, 0.3) is 0 Å². The molecule has 1 aromatic heterocycles. The first-order chi connectivity index (χ1) is 11.0. The summed E-state index contributed by atoms with van der Waals surface area (Å²) in [7, 11) is 0. The topological polar surface area (TPSA) is 33.2 Å². The first-order valence-corrected chi connectivity index (χ1v) is 8.01. The Morgan fingerprint density at radius 1 is 1.13 bits per heavy atom. The van der Waals surface area contributed by atoms with E-state index in [1.807, 2.05) is 55.1 Å². The van der Waals surface area contributed by atoms with E-state index in [0.29, 0.717) is 22.8 Å². The maximum atomic E-state index is 12.4. The minimum atomic E-state index is 0.0611. The zero-order chi connectivity index (χ0) is 16.4. The van der Waals surface area contributed by atoms with Crippen molar-refractivity contribution in [1.82, 2.24) is 9.88 Å². The van der Waals surface area contributed by atoms with E-state index in [2.05, 4.69) is 16.8 Å². The molecule has 0 N–H and O–H groups in total. The van der Waals surface area contributed by atoms with Gasteiger partial charge in [-0.1, -0.05) is 17.5 Å². The number of carbonyl (C=O) groups excluding carboxylic acids is 1. The number of aromatic nitrogens is 1. The highest BCUT2D eigenvalue weighted by Crippen LogP contribution is 2.19. The number of amides is 1. The molecule has 0 atom stereocenters. The monoisotopic (exact) mass is 324 g/mol. The number of hydrogen-bond acceptors (Lipinski definition) is 2. The zero-order valence-electron chi connectivity index (χ0n) is 13.1. The van der Waals surface area contributed by atoms with Gasteiger partial charge in [-0.2, -0.15) is 0 Å². The van der Waals surface area contributed by atoms with Crippen molar-refractivity contribution in [3.8, 4) is 11.8 Å². The van der Waals surface area contributed by atoms with Crippen LogP contribution in [0, 0.1) is 11.8 Å². The van der Waals surface area contributed by atoms with E-state index in [4.69, 9.17) is 11.6 Å². The first kappa shape index (κ1) is 15.6. The fourth-order valence-electron chi connectivity index (χ4n) is 2.60. The lowest BCUT2D eigenvalue weighted by Gasteiger charge is -2.31. The second-order valence-corrected chi connectivity index (χ2v) is 6.23. The van der Waals surface area contributed by atoms with Crippen LogP contribution in [0.3, 0.4) is 0 Å². The summed E-state index contributed by atoms with van der Waals surface area (Å²) in [4.78, 5) is 18.8. The quantitative estimate of drug-likeness (QED) is 0.752. The largest absolute Gasteiger partial charge is 0.336 e. The van der Waals surface area contributed by atoms with Gasteiger partial charge in [0, 0.05) is 29.6 Å². The predicted octanol–water partition coefficient (Wildman–Crippen LogP) is 3.54. The van der Waals surface area contributed by atoms with Crippen molar-refractivity contribution in [1.29, 1.82) is 0 Å². The molecule has 1 aliphatic rings. The highest BCUT2D eigenvalue weighted by Gasteiger charge is 2.26. The normalized spacial score (nSPS) is 13.6. The zero-order valence-corrected chi connectivity index (χ0v) is 13.9. The average molecular weight is 325 g/mol. The van der Waals surface area contributed by atoms with Crippen molar-refractivity contribution in [3.63, 3.8) is 0 Å². The van der Waals surface area contributed by atoms with Crippen molar-refractivity contribution in [2.24, 2.45) is 0 Å². The predicted molar refractivity (Wildman–Crippen MR) is 91.5 cm³/mol. The smallest absolute Gasteiger partial charge is 0.255 e. The summed E-state index contributed by atoms with van der Waals surface area (Å²) in [6.07, 6.45) is 0.774. The third kappa shape index (κ3) is 3.38. The third-order valence-electron chi connectivity index (χ3n) is 3.86. The number of pyridine rings is 1. The van der Waals surface area contributed by atoms with Crippen LogP contribution in [0.5, 0.6) is 0 Å². The molecule has 0 bridgehead atoms. The first-order valence-electron chi connectivity index (χ1n) is 7.63. The number of hydrogen-bond donors (Lipinski definition) is 0. The van der Waals surface area contributed by atoms with Gasteiger partial charge in [0.1, 0.15) is 5.69 Å². The molecule has 0 aliphatic carbocycles. The van der Waals surface area contributed by atoms with E-state index in [-0.39, 0.29) is 11.9 Å². The molecule has 0 unspecified atom stereocenters. The Balaban J connectivity index is 1.85. The van der Waals surface area contributed by atoms with E-state index >= 15 is 0 Å². The van der Waals surface area contributed by atoms with Crippen LogP contribution in [0.2, 0.25) is 5.02 Å². The van der Waals surface area contributed by atoms with Gasteiger partial charge < -0.3 is 4.90 Å². The second-order valence-electron chi connectivity index (χ2n) is 5.79. The molecule has 2 heterocycles. The maximum absolute atomic E-state index is 12.4. The summed E-state index contributed by atoms with van der Waals surface area (Å²) in [5, 5.41) is 0.690. The van der Waals surface area contributed by atoms with E-state index in [9.17, 15) is 4.79 Å². The highest BCUT2D eigenvalue weighted by molar-refractivity contribution is 6.30. The summed E-state index contributed by atoms with van der Waals surface area (Å²) in [6.45, 7) is 4.77. The number of rotatable bonds is 1. The standard InChI is InChI=1S/C19H17ClN2O/c1-13(2)22-12-11-18-17(19(22)23)10-9-16(21-18)8-5-14-3-6-15(20)7-4-14/h3-4,6-7,9-10,13H,11-12H2,1-2H3. The van der Waals surface area contributed by atoms with Gasteiger partial charge in [-0.15, -0.1) is 0 Å². The molecule has 1 aromatic carbocycles. The fourth-order valence-corrected chi connectivity index (χ4v) is 2.73. The Morgan fingerprint density at radius 2 is 1.87 bits per heavy atom. The molecule has 3 rings (SSSR count). The van der Waals surface area contributed by atoms with E-state index in [1.54, 1.807) is 0 Å². The third-order valence-corrected chi connectivity index (χ3v) is 4.11. The Bertz CT molecular complexity index is 800. The molecule has 0 radical (unpaired) electrons. The average Bonchev–Trinajstić information content (AvgIpc) is 2.54. The summed E-state index contributed by atoms with van der Waals surface area (Å²) < 4.78 is 0. The Hall–Kier alpha value is -2.31. The van der Waals surface area contributed by atoms with Crippen LogP contribution in [0.15, 0.2) is 36.4 Å². The minimum Gasteiger partial charge on any atom is -0.336 e. The van der Waals surface area contributed by atoms with Crippen LogP contribution < -0.4 is 0 Å². The Morgan fingerprint density at radius 3 is 2.57 bits per heavy atom. The molecular weight excluding hydrogens is 308 g/mol. The summed E-state index contributed by atoms with van der Waals surface area (Å²) in [5.74, 6) is 6.18. The molecule has 2 aromatic rings. The molecule has 0 saturated heterocycles. The summed E-state index contributed by atoms with van der Waals surface area (Å²) in [6, 6.07) is 11.2. The molecule has 4 heteroatoms. The Labute approximate surface area is 141 Å². The van der Waals surface area contributed by atoms with Crippen molar-refractivity contribution in [2.45, 2.75) is 26.3 Å². The SMILES string of the molecule is CC(C)N1CCc2nc(C#Cc3ccc(Cl)cc3)ccc2C1=O. The number of halogens is 1. The number of nitrogens with zero attached hydrogens (tertiary/aromatic N) is 2. The van der Waals surface area contributed by atoms with Crippen molar-refractivity contribution in [3.05, 3.63) is 63.9 Å². The van der Waals surface area contributed by atoms with Gasteiger partial charge in [0.05, 0.1) is 11.3 Å². The summed E-state index contributed by atoms with van der Waals surface area (Å²) in [5.41, 5.74) is 3.11. The second kappa shape index (κ2) is 6.44. The van der Waals surface area contributed by atoms with Crippen molar-refractivity contribution < 1.29 is 4.79 Å². The minimum absolute atomic E-state index is 0.0611. The van der Waals surface area contributed by atoms with E-state index in [0.717, 1.165) is 17.7 Å². The highest BCUT2D eigenvalue weighted by atomic mass is 35.5. The van der Waals surface area contributed by atoms with Gasteiger partial charge >= 0.3 is 0 Å². The van der Waals surface area contributed by atoms with Gasteiger partial charge in [0.15, 0.2) is 0 Å². The molecule has 0 spiro atoms. The molecule has 0 fully saturated rings. The number of carbonyl (C=O) groups is 1. The Kier molecular flexibility index (Phi) is 4.36. The van der Waals surface area contributed by atoms with E-state index in [1.165, 1.54) is 0 Å². The number of fused-ring (bicyclic) bond motifs is 1. The van der Waals surface area contributed by atoms with Crippen molar-refractivity contribution in [2.75, 3.05) is 6.54 Å². The van der Waals surface area contributed by atoms with Crippen LogP contribution in [0.1, 0.15) is 41.2 Å². The van der Waals surface area contributed by atoms with Crippen LogP contribution in [-0.2, 0) is 6.42 Å². The van der Waals surface area contributed by atoms with Crippen LogP contribution in [0.4, 0.5) is 0 Å². The van der Waals surface area contributed by atoms with Gasteiger partial charge in [0.25, 0.3) is 5.91 Å². The lowest BCUT2D eigenvalue weighted by Crippen LogP contribution is -2.42. The van der Waals surface area contributed by atoms with Crippen LogP contribution in [-0.4, -0.2) is 28.4 Å². The number of benzene rings is 1. The lowest BCUT2D eigenvalue weighted by atomic mass is 10.0. The summed E-state index contributed by atoms with van der Waals surface area (Å²) >= 11 is 5.86. The maximum Gasteiger partial charge on any atom is 0.255 e.